The summed E-state index contributed by atoms with van der Waals surface area (Å²) in [5.74, 6) is 0. The Hall–Kier alpha value is -2.89. The summed E-state index contributed by atoms with van der Waals surface area (Å²) in [6.45, 7) is 0.493. The lowest BCUT2D eigenvalue weighted by atomic mass is 10.1. The summed E-state index contributed by atoms with van der Waals surface area (Å²) < 4.78 is 5.72. The fraction of sp³-hybridized carbons (Fsp3) is 0.133. The fourth-order valence-electron chi connectivity index (χ4n) is 2.07. The first-order valence-corrected chi connectivity index (χ1v) is 6.50. The van der Waals surface area contributed by atoms with E-state index in [0.717, 1.165) is 11.3 Å². The number of hydrogen-bond donors (Lipinski definition) is 1. The molecule has 0 saturated carbocycles. The highest BCUT2D eigenvalue weighted by Gasteiger charge is 2.22. The average molecular weight is 283 g/mol. The van der Waals surface area contributed by atoms with E-state index in [1.807, 2.05) is 30.3 Å². The van der Waals surface area contributed by atoms with Gasteiger partial charge < -0.3 is 10.1 Å². The third kappa shape index (κ3) is 3.00. The normalized spacial score (nSPS) is 17.0. The number of anilines is 1. The molecule has 6 heteroatoms. The second kappa shape index (κ2) is 5.62. The molecule has 2 aromatic rings. The number of nitrogens with zero attached hydrogens (tertiary/aromatic N) is 2. The van der Waals surface area contributed by atoms with Crippen molar-refractivity contribution in [2.24, 2.45) is 4.99 Å². The first kappa shape index (κ1) is 13.1. The minimum atomic E-state index is -0.418. The van der Waals surface area contributed by atoms with Crippen LogP contribution in [-0.2, 0) is 4.74 Å². The van der Waals surface area contributed by atoms with E-state index in [0.29, 0.717) is 12.6 Å². The van der Waals surface area contributed by atoms with Crippen molar-refractivity contribution in [1.29, 1.82) is 0 Å². The van der Waals surface area contributed by atoms with Crippen LogP contribution in [-0.4, -0.2) is 17.5 Å². The number of nitro benzene ring substituents is 1. The van der Waals surface area contributed by atoms with Crippen LogP contribution in [0.2, 0.25) is 0 Å². The second-order valence-corrected chi connectivity index (χ2v) is 4.59. The second-order valence-electron chi connectivity index (χ2n) is 4.59. The lowest BCUT2D eigenvalue weighted by molar-refractivity contribution is -0.384. The Kier molecular flexibility index (Phi) is 3.51. The molecule has 3 rings (SSSR count). The predicted octanol–water partition coefficient (Wildman–Crippen LogP) is 3.13. The molecule has 0 unspecified atom stereocenters. The quantitative estimate of drug-likeness (QED) is 0.693. The number of hydrogen-bond acceptors (Lipinski definition) is 5. The number of nitrogens with one attached hydrogen (secondary N) is 1. The summed E-state index contributed by atoms with van der Waals surface area (Å²) >= 11 is 0. The number of amidine groups is 1. The monoisotopic (exact) mass is 283 g/mol. The summed E-state index contributed by atoms with van der Waals surface area (Å²) in [5, 5.41) is 13.7. The Labute approximate surface area is 121 Å². The van der Waals surface area contributed by atoms with Crippen LogP contribution in [0.25, 0.3) is 0 Å². The summed E-state index contributed by atoms with van der Waals surface area (Å²) in [4.78, 5) is 14.5. The largest absolute Gasteiger partial charge is 0.455 e. The summed E-state index contributed by atoms with van der Waals surface area (Å²) in [5.41, 5.74) is 1.84. The molecule has 1 atom stereocenters. The summed E-state index contributed by atoms with van der Waals surface area (Å²) in [6.07, 6.45) is -0.211. The van der Waals surface area contributed by atoms with Crippen LogP contribution in [0.15, 0.2) is 59.6 Å². The van der Waals surface area contributed by atoms with Crippen molar-refractivity contribution in [2.45, 2.75) is 6.10 Å². The van der Waals surface area contributed by atoms with Gasteiger partial charge in [-0.2, -0.15) is 0 Å². The number of ether oxygens (including phenoxy) is 1. The highest BCUT2D eigenvalue weighted by molar-refractivity contribution is 5.90. The van der Waals surface area contributed by atoms with Crippen molar-refractivity contribution >= 4 is 17.4 Å². The van der Waals surface area contributed by atoms with Crippen LogP contribution in [0.4, 0.5) is 11.4 Å². The molecule has 0 spiro atoms. The first-order chi connectivity index (χ1) is 10.2. The van der Waals surface area contributed by atoms with E-state index in [1.165, 1.54) is 12.1 Å². The van der Waals surface area contributed by atoms with Gasteiger partial charge in [0.1, 0.15) is 6.10 Å². The minimum Gasteiger partial charge on any atom is -0.455 e. The van der Waals surface area contributed by atoms with E-state index in [9.17, 15) is 10.1 Å². The van der Waals surface area contributed by atoms with Gasteiger partial charge in [0, 0.05) is 17.8 Å². The number of non-ortho nitro benzene ring substituents is 1. The molecular weight excluding hydrogens is 270 g/mol. The van der Waals surface area contributed by atoms with Gasteiger partial charge in [-0.05, 0) is 29.8 Å². The average Bonchev–Trinajstić information content (AvgIpc) is 2.97. The van der Waals surface area contributed by atoms with Gasteiger partial charge in [0.25, 0.3) is 11.7 Å². The Morgan fingerprint density at radius 3 is 2.52 bits per heavy atom. The molecule has 106 valence electrons. The first-order valence-electron chi connectivity index (χ1n) is 6.50. The van der Waals surface area contributed by atoms with E-state index in [2.05, 4.69) is 10.3 Å². The van der Waals surface area contributed by atoms with E-state index >= 15 is 0 Å². The minimum absolute atomic E-state index is 0.0697. The number of para-hydroxylation sites is 1. The molecule has 1 heterocycles. The Morgan fingerprint density at radius 2 is 1.86 bits per heavy atom. The van der Waals surface area contributed by atoms with E-state index < -0.39 is 4.92 Å². The van der Waals surface area contributed by atoms with Crippen LogP contribution in [0.1, 0.15) is 11.7 Å². The Balaban J connectivity index is 1.64. The van der Waals surface area contributed by atoms with E-state index in [-0.39, 0.29) is 11.8 Å². The van der Waals surface area contributed by atoms with Gasteiger partial charge in [-0.15, -0.1) is 0 Å². The highest BCUT2D eigenvalue weighted by atomic mass is 16.6. The number of benzene rings is 2. The smallest absolute Gasteiger partial charge is 0.290 e. The van der Waals surface area contributed by atoms with Crippen LogP contribution in [0, 0.1) is 10.1 Å². The maximum absolute atomic E-state index is 10.6. The lowest BCUT2D eigenvalue weighted by Gasteiger charge is -2.12. The molecule has 6 nitrogen and oxygen atoms in total. The maximum Gasteiger partial charge on any atom is 0.290 e. The Bertz CT molecular complexity index is 668. The molecule has 0 amide bonds. The number of rotatable bonds is 3. The predicted molar refractivity (Wildman–Crippen MR) is 79.3 cm³/mol. The molecule has 1 N–H and O–H groups in total. The molecule has 0 fully saturated rings. The van der Waals surface area contributed by atoms with Crippen LogP contribution in [0.5, 0.6) is 0 Å². The molecule has 2 aromatic carbocycles. The third-order valence-corrected chi connectivity index (χ3v) is 3.16. The molecule has 1 aliphatic heterocycles. The molecule has 0 radical (unpaired) electrons. The zero-order valence-corrected chi connectivity index (χ0v) is 11.1. The van der Waals surface area contributed by atoms with Crippen molar-refractivity contribution in [3.05, 3.63) is 70.3 Å². The highest BCUT2D eigenvalue weighted by Crippen LogP contribution is 2.25. The molecular formula is C15H13N3O3. The molecule has 1 aliphatic rings. The zero-order valence-electron chi connectivity index (χ0n) is 11.1. The molecule has 0 bridgehead atoms. The van der Waals surface area contributed by atoms with Crippen molar-refractivity contribution < 1.29 is 9.66 Å². The molecule has 0 aromatic heterocycles. The van der Waals surface area contributed by atoms with E-state index in [1.54, 1.807) is 12.1 Å². The molecule has 0 saturated heterocycles. The summed E-state index contributed by atoms with van der Waals surface area (Å²) in [7, 11) is 0. The zero-order chi connectivity index (χ0) is 14.7. The van der Waals surface area contributed by atoms with Crippen LogP contribution < -0.4 is 5.32 Å². The van der Waals surface area contributed by atoms with E-state index in [4.69, 9.17) is 4.74 Å². The third-order valence-electron chi connectivity index (χ3n) is 3.16. The number of nitro groups is 1. The molecule has 21 heavy (non-hydrogen) atoms. The van der Waals surface area contributed by atoms with Crippen molar-refractivity contribution in [2.75, 3.05) is 11.9 Å². The standard InChI is InChI=1S/C15H13N3O3/c19-18(20)13-8-6-11(7-9-13)14-10-16-15(21-14)17-12-4-2-1-3-5-12/h1-9,14H,10H2,(H,16,17)/t14-/m0/s1. The topological polar surface area (TPSA) is 76.8 Å². The van der Waals surface area contributed by atoms with Crippen molar-refractivity contribution in [1.82, 2.24) is 0 Å². The van der Waals surface area contributed by atoms with Crippen molar-refractivity contribution in [3.8, 4) is 0 Å². The van der Waals surface area contributed by atoms with Gasteiger partial charge in [-0.25, -0.2) is 4.99 Å². The Morgan fingerprint density at radius 1 is 1.14 bits per heavy atom. The van der Waals surface area contributed by atoms with Gasteiger partial charge in [0.05, 0.1) is 11.5 Å². The number of aliphatic imine (C=N–C) groups is 1. The van der Waals surface area contributed by atoms with Gasteiger partial charge in [-0.1, -0.05) is 18.2 Å². The van der Waals surface area contributed by atoms with Gasteiger partial charge in [-0.3, -0.25) is 10.1 Å². The fourth-order valence-corrected chi connectivity index (χ4v) is 2.07. The SMILES string of the molecule is O=[N+]([O-])c1ccc([C@@H]2CN=C(Nc3ccccc3)O2)cc1. The van der Waals surface area contributed by atoms with Crippen LogP contribution >= 0.6 is 0 Å². The lowest BCUT2D eigenvalue weighted by Crippen LogP contribution is -2.13. The van der Waals surface area contributed by atoms with Crippen LogP contribution in [0.3, 0.4) is 0 Å². The molecule has 0 aliphatic carbocycles. The van der Waals surface area contributed by atoms with Gasteiger partial charge in [0.15, 0.2) is 0 Å². The maximum atomic E-state index is 10.6. The van der Waals surface area contributed by atoms with Crippen molar-refractivity contribution in [3.63, 3.8) is 0 Å². The summed E-state index contributed by atoms with van der Waals surface area (Å²) in [6, 6.07) is 16.4. The van der Waals surface area contributed by atoms with Gasteiger partial charge >= 0.3 is 0 Å². The van der Waals surface area contributed by atoms with Gasteiger partial charge in [0.2, 0.25) is 0 Å².